The first-order valence-electron chi connectivity index (χ1n) is 9.79. The van der Waals surface area contributed by atoms with E-state index in [2.05, 4.69) is 40.6 Å². The Kier molecular flexibility index (Phi) is 5.19. The SMILES string of the molecule is O=C(NC[C@@H](c1ccccc1)C1CCCC1)N1CC(c2ccncc2)C1. The highest BCUT2D eigenvalue weighted by Gasteiger charge is 2.33. The fourth-order valence-corrected chi connectivity index (χ4v) is 4.42. The van der Waals surface area contributed by atoms with Gasteiger partial charge in [-0.15, -0.1) is 0 Å². The van der Waals surface area contributed by atoms with Crippen molar-refractivity contribution in [2.24, 2.45) is 5.92 Å². The average molecular weight is 349 g/mol. The summed E-state index contributed by atoms with van der Waals surface area (Å²) in [6, 6.07) is 14.9. The monoisotopic (exact) mass is 349 g/mol. The third kappa shape index (κ3) is 3.74. The molecule has 136 valence electrons. The van der Waals surface area contributed by atoms with Gasteiger partial charge in [-0.2, -0.15) is 0 Å². The van der Waals surface area contributed by atoms with Crippen LogP contribution >= 0.6 is 0 Å². The van der Waals surface area contributed by atoms with Gasteiger partial charge in [0.1, 0.15) is 0 Å². The molecule has 1 aromatic heterocycles. The normalized spacial score (nSPS) is 19.2. The van der Waals surface area contributed by atoms with Gasteiger partial charge in [0.05, 0.1) is 0 Å². The van der Waals surface area contributed by atoms with Crippen molar-refractivity contribution in [3.05, 3.63) is 66.0 Å². The number of pyridine rings is 1. The van der Waals surface area contributed by atoms with Gasteiger partial charge in [-0.25, -0.2) is 4.79 Å². The molecule has 4 rings (SSSR count). The van der Waals surface area contributed by atoms with Crippen LogP contribution in [0.15, 0.2) is 54.9 Å². The highest BCUT2D eigenvalue weighted by molar-refractivity contribution is 5.75. The number of amides is 2. The number of likely N-dealkylation sites (tertiary alicyclic amines) is 1. The van der Waals surface area contributed by atoms with Crippen molar-refractivity contribution in [2.75, 3.05) is 19.6 Å². The van der Waals surface area contributed by atoms with Crippen LogP contribution in [0.4, 0.5) is 4.79 Å². The van der Waals surface area contributed by atoms with E-state index < -0.39 is 0 Å². The predicted octanol–water partition coefficient (Wildman–Crippen LogP) is 4.16. The Hall–Kier alpha value is -2.36. The predicted molar refractivity (Wildman–Crippen MR) is 103 cm³/mol. The molecular formula is C22H27N3O. The lowest BCUT2D eigenvalue weighted by atomic mass is 9.85. The summed E-state index contributed by atoms with van der Waals surface area (Å²) in [5.41, 5.74) is 2.63. The van der Waals surface area contributed by atoms with Gasteiger partial charge in [-0.3, -0.25) is 4.98 Å². The molecule has 1 aliphatic heterocycles. The first-order chi connectivity index (χ1) is 12.8. The smallest absolute Gasteiger partial charge is 0.317 e. The minimum absolute atomic E-state index is 0.0780. The summed E-state index contributed by atoms with van der Waals surface area (Å²) < 4.78 is 0. The second-order valence-electron chi connectivity index (χ2n) is 7.63. The summed E-state index contributed by atoms with van der Waals surface area (Å²) in [4.78, 5) is 18.5. The standard InChI is InChI=1S/C22H27N3O/c26-22(25-15-20(16-25)17-10-12-23-13-11-17)24-14-21(19-8-4-5-9-19)18-6-2-1-3-7-18/h1-3,6-7,10-13,19-21H,4-5,8-9,14-16H2,(H,24,26)/t21-/m0/s1. The van der Waals surface area contributed by atoms with E-state index in [4.69, 9.17) is 0 Å². The number of hydrogen-bond acceptors (Lipinski definition) is 2. The molecule has 2 aliphatic rings. The number of nitrogens with one attached hydrogen (secondary N) is 1. The van der Waals surface area contributed by atoms with E-state index in [1.54, 1.807) is 0 Å². The van der Waals surface area contributed by atoms with E-state index >= 15 is 0 Å². The second kappa shape index (κ2) is 7.90. The van der Waals surface area contributed by atoms with E-state index in [0.717, 1.165) is 19.6 Å². The maximum Gasteiger partial charge on any atom is 0.317 e. The lowest BCUT2D eigenvalue weighted by molar-refractivity contribution is 0.150. The summed E-state index contributed by atoms with van der Waals surface area (Å²) >= 11 is 0. The van der Waals surface area contributed by atoms with Crippen molar-refractivity contribution in [1.29, 1.82) is 0 Å². The third-order valence-electron chi connectivity index (χ3n) is 6.02. The average Bonchev–Trinajstić information content (AvgIpc) is 3.17. The van der Waals surface area contributed by atoms with Gasteiger partial charge in [0, 0.05) is 43.9 Å². The molecule has 0 spiro atoms. The van der Waals surface area contributed by atoms with Crippen molar-refractivity contribution in [2.45, 2.75) is 37.5 Å². The van der Waals surface area contributed by atoms with E-state index in [1.165, 1.54) is 36.8 Å². The summed E-state index contributed by atoms with van der Waals surface area (Å²) in [7, 11) is 0. The van der Waals surface area contributed by atoms with Crippen molar-refractivity contribution in [1.82, 2.24) is 15.2 Å². The molecule has 1 saturated carbocycles. The lowest BCUT2D eigenvalue weighted by Gasteiger charge is -2.39. The minimum atomic E-state index is 0.0780. The number of rotatable bonds is 5. The van der Waals surface area contributed by atoms with Crippen LogP contribution in [0.25, 0.3) is 0 Å². The minimum Gasteiger partial charge on any atom is -0.337 e. The maximum absolute atomic E-state index is 12.6. The third-order valence-corrected chi connectivity index (χ3v) is 6.02. The molecule has 0 bridgehead atoms. The van der Waals surface area contributed by atoms with Gasteiger partial charge >= 0.3 is 6.03 Å². The van der Waals surface area contributed by atoms with Crippen LogP contribution in [0, 0.1) is 5.92 Å². The van der Waals surface area contributed by atoms with Gasteiger partial charge in [0.2, 0.25) is 0 Å². The number of nitrogens with zero attached hydrogens (tertiary/aromatic N) is 2. The number of urea groups is 1. The summed E-state index contributed by atoms with van der Waals surface area (Å²) in [6.07, 6.45) is 8.85. The molecule has 1 aromatic carbocycles. The Bertz CT molecular complexity index is 707. The lowest BCUT2D eigenvalue weighted by Crippen LogP contribution is -2.53. The summed E-state index contributed by atoms with van der Waals surface area (Å²) in [6.45, 7) is 2.34. The van der Waals surface area contributed by atoms with Crippen LogP contribution in [0.3, 0.4) is 0 Å². The molecule has 4 nitrogen and oxygen atoms in total. The van der Waals surface area contributed by atoms with Gasteiger partial charge in [0.15, 0.2) is 0 Å². The van der Waals surface area contributed by atoms with Gasteiger partial charge in [-0.1, -0.05) is 43.2 Å². The molecule has 2 aromatic rings. The van der Waals surface area contributed by atoms with Crippen LogP contribution in [0.1, 0.15) is 48.6 Å². The van der Waals surface area contributed by atoms with Crippen molar-refractivity contribution in [3.8, 4) is 0 Å². The summed E-state index contributed by atoms with van der Waals surface area (Å²) in [5.74, 6) is 1.57. The Morgan fingerprint density at radius 3 is 2.46 bits per heavy atom. The van der Waals surface area contributed by atoms with Gasteiger partial charge < -0.3 is 10.2 Å². The topological polar surface area (TPSA) is 45.2 Å². The number of hydrogen-bond donors (Lipinski definition) is 1. The zero-order valence-electron chi connectivity index (χ0n) is 15.2. The van der Waals surface area contributed by atoms with Crippen LogP contribution in [-0.4, -0.2) is 35.5 Å². The molecule has 2 fully saturated rings. The quantitative estimate of drug-likeness (QED) is 0.881. The highest BCUT2D eigenvalue weighted by Crippen LogP contribution is 2.37. The summed E-state index contributed by atoms with van der Waals surface area (Å²) in [5, 5.41) is 3.21. The molecule has 1 N–H and O–H groups in total. The first kappa shape index (κ1) is 17.1. The zero-order valence-corrected chi connectivity index (χ0v) is 15.2. The van der Waals surface area contributed by atoms with Crippen LogP contribution in [0.2, 0.25) is 0 Å². The van der Waals surface area contributed by atoms with E-state index in [1.807, 2.05) is 29.4 Å². The van der Waals surface area contributed by atoms with Crippen LogP contribution in [0.5, 0.6) is 0 Å². The Labute approximate surface area is 155 Å². The molecule has 2 amide bonds. The van der Waals surface area contributed by atoms with Crippen LogP contribution in [-0.2, 0) is 0 Å². The van der Waals surface area contributed by atoms with E-state index in [9.17, 15) is 4.79 Å². The zero-order chi connectivity index (χ0) is 17.8. The molecular weight excluding hydrogens is 322 g/mol. The van der Waals surface area contributed by atoms with Crippen molar-refractivity contribution in [3.63, 3.8) is 0 Å². The molecule has 1 atom stereocenters. The van der Waals surface area contributed by atoms with E-state index in [0.29, 0.717) is 17.8 Å². The Morgan fingerprint density at radius 2 is 1.77 bits per heavy atom. The molecule has 1 saturated heterocycles. The van der Waals surface area contributed by atoms with Gasteiger partial charge in [-0.05, 0) is 42.0 Å². The van der Waals surface area contributed by atoms with Gasteiger partial charge in [0.25, 0.3) is 0 Å². The Morgan fingerprint density at radius 1 is 1.08 bits per heavy atom. The van der Waals surface area contributed by atoms with Crippen LogP contribution < -0.4 is 5.32 Å². The molecule has 0 unspecified atom stereocenters. The molecule has 1 aliphatic carbocycles. The molecule has 4 heteroatoms. The molecule has 0 radical (unpaired) electrons. The Balaban J connectivity index is 1.32. The maximum atomic E-state index is 12.6. The second-order valence-corrected chi connectivity index (χ2v) is 7.63. The van der Waals surface area contributed by atoms with Crippen molar-refractivity contribution >= 4 is 6.03 Å². The number of carbonyl (C=O) groups is 1. The van der Waals surface area contributed by atoms with E-state index in [-0.39, 0.29) is 6.03 Å². The highest BCUT2D eigenvalue weighted by atomic mass is 16.2. The number of benzene rings is 1. The molecule has 26 heavy (non-hydrogen) atoms. The first-order valence-corrected chi connectivity index (χ1v) is 9.79. The number of carbonyl (C=O) groups excluding carboxylic acids is 1. The molecule has 2 heterocycles. The fraction of sp³-hybridized carbons (Fsp3) is 0.455. The largest absolute Gasteiger partial charge is 0.337 e. The number of aromatic nitrogens is 1. The van der Waals surface area contributed by atoms with Crippen molar-refractivity contribution < 1.29 is 4.79 Å². The fourth-order valence-electron chi connectivity index (χ4n) is 4.42.